The molecule has 4 nitrogen and oxygen atoms in total. The minimum atomic E-state index is -0.159. The van der Waals surface area contributed by atoms with Crippen LogP contribution in [0.3, 0.4) is 0 Å². The number of thiocarbonyl (C=S) groups is 1. The van der Waals surface area contributed by atoms with Crippen LogP contribution in [0.4, 0.5) is 5.69 Å². The quantitative estimate of drug-likeness (QED) is 0.327. The van der Waals surface area contributed by atoms with Crippen molar-refractivity contribution in [2.75, 3.05) is 4.90 Å². The molecule has 5 rings (SSSR count). The molecular formula is C25H20BrN3OS. The molecule has 3 heterocycles. The molecule has 31 heavy (non-hydrogen) atoms. The van der Waals surface area contributed by atoms with Gasteiger partial charge in [0.2, 0.25) is 0 Å². The van der Waals surface area contributed by atoms with Gasteiger partial charge in [0.05, 0.1) is 11.7 Å². The normalized spacial score (nSPS) is 18.3. The van der Waals surface area contributed by atoms with Gasteiger partial charge in [-0.3, -0.25) is 4.98 Å². The SMILES string of the molecule is Cc1cccc(N2C(=S)N[C@H](c3ccccn3)[C@H]2c2ccc(-c3ccc(Br)cc3)o2)c1. The van der Waals surface area contributed by atoms with Crippen LogP contribution in [0.25, 0.3) is 11.3 Å². The molecule has 6 heteroatoms. The lowest BCUT2D eigenvalue weighted by atomic mass is 10.0. The Bertz CT molecular complexity index is 1220. The van der Waals surface area contributed by atoms with Crippen LogP contribution >= 0.6 is 28.1 Å². The molecule has 2 atom stereocenters. The zero-order valence-corrected chi connectivity index (χ0v) is 19.2. The summed E-state index contributed by atoms with van der Waals surface area (Å²) in [6, 6.07) is 26.2. The summed E-state index contributed by atoms with van der Waals surface area (Å²) in [7, 11) is 0. The Morgan fingerprint density at radius 1 is 1.00 bits per heavy atom. The summed E-state index contributed by atoms with van der Waals surface area (Å²) in [5.41, 5.74) is 4.16. The van der Waals surface area contributed by atoms with Crippen LogP contribution in [0, 0.1) is 6.92 Å². The van der Waals surface area contributed by atoms with Crippen LogP contribution in [0.15, 0.2) is 93.9 Å². The summed E-state index contributed by atoms with van der Waals surface area (Å²) in [6.07, 6.45) is 1.81. The van der Waals surface area contributed by atoms with E-state index in [1.807, 2.05) is 66.9 Å². The molecule has 1 fully saturated rings. The third-order valence-corrected chi connectivity index (χ3v) is 6.27. The minimum Gasteiger partial charge on any atom is -0.459 e. The number of benzene rings is 2. The van der Waals surface area contributed by atoms with E-state index in [0.29, 0.717) is 5.11 Å². The lowest BCUT2D eigenvalue weighted by Crippen LogP contribution is -2.29. The first-order valence-electron chi connectivity index (χ1n) is 10.0. The maximum atomic E-state index is 6.39. The third-order valence-electron chi connectivity index (χ3n) is 5.42. The summed E-state index contributed by atoms with van der Waals surface area (Å²) in [4.78, 5) is 6.73. The van der Waals surface area contributed by atoms with Crippen LogP contribution in [0.1, 0.15) is 29.1 Å². The Kier molecular flexibility index (Phi) is 5.34. The maximum Gasteiger partial charge on any atom is 0.174 e. The number of hydrogen-bond donors (Lipinski definition) is 1. The summed E-state index contributed by atoms with van der Waals surface area (Å²) >= 11 is 9.26. The van der Waals surface area contributed by atoms with Gasteiger partial charge in [-0.05, 0) is 73.2 Å². The summed E-state index contributed by atoms with van der Waals surface area (Å²) in [5.74, 6) is 1.66. The molecular weight excluding hydrogens is 470 g/mol. The van der Waals surface area contributed by atoms with E-state index in [2.05, 4.69) is 56.3 Å². The predicted octanol–water partition coefficient (Wildman–Crippen LogP) is 6.59. The second-order valence-corrected chi connectivity index (χ2v) is 8.85. The summed E-state index contributed by atoms with van der Waals surface area (Å²) < 4.78 is 7.43. The highest BCUT2D eigenvalue weighted by molar-refractivity contribution is 9.10. The zero-order chi connectivity index (χ0) is 21.4. The Labute approximate surface area is 195 Å². The number of hydrogen-bond acceptors (Lipinski definition) is 3. The highest BCUT2D eigenvalue weighted by atomic mass is 79.9. The van der Waals surface area contributed by atoms with Crippen molar-refractivity contribution < 1.29 is 4.42 Å². The van der Waals surface area contributed by atoms with E-state index in [0.717, 1.165) is 32.9 Å². The molecule has 2 aromatic heterocycles. The lowest BCUT2D eigenvalue weighted by Gasteiger charge is -2.26. The van der Waals surface area contributed by atoms with Crippen molar-refractivity contribution >= 4 is 38.9 Å². The zero-order valence-electron chi connectivity index (χ0n) is 16.8. The maximum absolute atomic E-state index is 6.39. The van der Waals surface area contributed by atoms with Crippen molar-refractivity contribution in [3.63, 3.8) is 0 Å². The van der Waals surface area contributed by atoms with Crippen LogP contribution in [-0.2, 0) is 0 Å². The van der Waals surface area contributed by atoms with Crippen molar-refractivity contribution in [1.82, 2.24) is 10.3 Å². The smallest absolute Gasteiger partial charge is 0.174 e. The number of halogens is 1. The van der Waals surface area contributed by atoms with Crippen LogP contribution < -0.4 is 10.2 Å². The second-order valence-electron chi connectivity index (χ2n) is 7.54. The Hall–Kier alpha value is -2.96. The average molecular weight is 490 g/mol. The van der Waals surface area contributed by atoms with Gasteiger partial charge in [-0.1, -0.05) is 46.3 Å². The molecule has 0 unspecified atom stereocenters. The molecule has 0 radical (unpaired) electrons. The second kappa shape index (κ2) is 8.29. The van der Waals surface area contributed by atoms with Crippen molar-refractivity contribution in [1.29, 1.82) is 0 Å². The van der Waals surface area contributed by atoms with Crippen molar-refractivity contribution in [3.8, 4) is 11.3 Å². The average Bonchev–Trinajstić information content (AvgIpc) is 3.39. The van der Waals surface area contributed by atoms with Gasteiger partial charge in [0, 0.05) is 21.9 Å². The molecule has 4 aromatic rings. The number of anilines is 1. The highest BCUT2D eigenvalue weighted by Crippen LogP contribution is 2.43. The first-order chi connectivity index (χ1) is 15.1. The van der Waals surface area contributed by atoms with Gasteiger partial charge < -0.3 is 14.6 Å². The molecule has 154 valence electrons. The van der Waals surface area contributed by atoms with Gasteiger partial charge >= 0.3 is 0 Å². The molecule has 0 saturated carbocycles. The highest BCUT2D eigenvalue weighted by Gasteiger charge is 2.42. The van der Waals surface area contributed by atoms with Gasteiger partial charge in [0.1, 0.15) is 17.6 Å². The first-order valence-corrected chi connectivity index (χ1v) is 11.2. The molecule has 0 aliphatic carbocycles. The standard InChI is InChI=1S/C25H20BrN3OS/c1-16-5-4-6-19(15-16)29-24(23(28-25(29)31)20-7-2-3-14-27-20)22-13-12-21(30-22)17-8-10-18(26)11-9-17/h2-15,23-24H,1H3,(H,28,31)/t23-,24-/m1/s1. The van der Waals surface area contributed by atoms with Gasteiger partial charge in [-0.15, -0.1) is 0 Å². The van der Waals surface area contributed by atoms with Crippen LogP contribution in [-0.4, -0.2) is 10.1 Å². The van der Waals surface area contributed by atoms with Gasteiger partial charge in [-0.2, -0.15) is 0 Å². The molecule has 1 aliphatic rings. The van der Waals surface area contributed by atoms with Crippen molar-refractivity contribution in [2.24, 2.45) is 0 Å². The number of furan rings is 1. The molecule has 2 aromatic carbocycles. The van der Waals surface area contributed by atoms with Crippen molar-refractivity contribution in [2.45, 2.75) is 19.0 Å². The van der Waals surface area contributed by atoms with Crippen LogP contribution in [0.2, 0.25) is 0 Å². The number of nitrogens with one attached hydrogen (secondary N) is 1. The largest absolute Gasteiger partial charge is 0.459 e. The molecule has 0 amide bonds. The van der Waals surface area contributed by atoms with Crippen molar-refractivity contribution in [3.05, 3.63) is 107 Å². The summed E-state index contributed by atoms with van der Waals surface area (Å²) in [5, 5.41) is 4.13. The molecule has 1 N–H and O–H groups in total. The van der Waals surface area contributed by atoms with E-state index >= 15 is 0 Å². The third kappa shape index (κ3) is 3.89. The topological polar surface area (TPSA) is 41.3 Å². The Balaban J connectivity index is 1.60. The Morgan fingerprint density at radius 2 is 1.84 bits per heavy atom. The van der Waals surface area contributed by atoms with E-state index < -0.39 is 0 Å². The number of aryl methyl sites for hydroxylation is 1. The first kappa shape index (κ1) is 20.0. The number of aromatic nitrogens is 1. The monoisotopic (exact) mass is 489 g/mol. The predicted molar refractivity (Wildman–Crippen MR) is 131 cm³/mol. The molecule has 0 spiro atoms. The molecule has 1 aliphatic heterocycles. The van der Waals surface area contributed by atoms with E-state index in [1.165, 1.54) is 5.56 Å². The van der Waals surface area contributed by atoms with E-state index in [-0.39, 0.29) is 12.1 Å². The lowest BCUT2D eigenvalue weighted by molar-refractivity contribution is 0.439. The van der Waals surface area contributed by atoms with E-state index in [1.54, 1.807) is 0 Å². The van der Waals surface area contributed by atoms with E-state index in [9.17, 15) is 0 Å². The fraction of sp³-hybridized carbons (Fsp3) is 0.120. The fourth-order valence-corrected chi connectivity index (χ4v) is 4.59. The van der Waals surface area contributed by atoms with Gasteiger partial charge in [0.15, 0.2) is 5.11 Å². The van der Waals surface area contributed by atoms with Gasteiger partial charge in [0.25, 0.3) is 0 Å². The molecule has 0 bridgehead atoms. The summed E-state index contributed by atoms with van der Waals surface area (Å²) in [6.45, 7) is 2.08. The minimum absolute atomic E-state index is 0.127. The Morgan fingerprint density at radius 3 is 2.58 bits per heavy atom. The number of pyridine rings is 1. The molecule has 1 saturated heterocycles. The fourth-order valence-electron chi connectivity index (χ4n) is 3.98. The number of rotatable bonds is 4. The van der Waals surface area contributed by atoms with E-state index in [4.69, 9.17) is 16.6 Å². The van der Waals surface area contributed by atoms with Gasteiger partial charge in [-0.25, -0.2) is 0 Å². The van der Waals surface area contributed by atoms with Crippen LogP contribution in [0.5, 0.6) is 0 Å². The number of nitrogens with zero attached hydrogens (tertiary/aromatic N) is 2.